The molecule has 3 aliphatic heterocycles. The van der Waals surface area contributed by atoms with Gasteiger partial charge in [-0.15, -0.1) is 0 Å². The van der Waals surface area contributed by atoms with E-state index in [1.165, 1.54) is 6.42 Å². The Hall–Kier alpha value is -2.49. The molecular weight excluding hydrogens is 434 g/mol. The number of nitrogens with zero attached hydrogens (tertiary/aromatic N) is 4. The van der Waals surface area contributed by atoms with Crippen molar-refractivity contribution in [3.63, 3.8) is 0 Å². The van der Waals surface area contributed by atoms with Crippen LogP contribution in [0.4, 0.5) is 11.5 Å². The van der Waals surface area contributed by atoms with Gasteiger partial charge >= 0.3 is 0 Å². The van der Waals surface area contributed by atoms with Gasteiger partial charge in [0, 0.05) is 31.4 Å². The van der Waals surface area contributed by atoms with Gasteiger partial charge in [-0.2, -0.15) is 5.26 Å². The predicted molar refractivity (Wildman–Crippen MR) is 132 cm³/mol. The lowest BCUT2D eigenvalue weighted by Crippen LogP contribution is -2.42. The van der Waals surface area contributed by atoms with Gasteiger partial charge in [-0.3, -0.25) is 0 Å². The van der Waals surface area contributed by atoms with E-state index in [1.807, 2.05) is 24.4 Å². The first-order valence-electron chi connectivity index (χ1n) is 12.1. The van der Waals surface area contributed by atoms with Crippen molar-refractivity contribution in [2.45, 2.75) is 51.2 Å². The van der Waals surface area contributed by atoms with E-state index in [0.29, 0.717) is 28.1 Å². The van der Waals surface area contributed by atoms with Gasteiger partial charge in [-0.25, -0.2) is 4.98 Å². The molecule has 0 bridgehead atoms. The van der Waals surface area contributed by atoms with Crippen molar-refractivity contribution in [2.24, 2.45) is 5.41 Å². The van der Waals surface area contributed by atoms with E-state index in [9.17, 15) is 0 Å². The Labute approximate surface area is 201 Å². The number of hydrogen-bond acceptors (Lipinski definition) is 6. The largest absolute Gasteiger partial charge is 0.489 e. The third kappa shape index (κ3) is 4.76. The van der Waals surface area contributed by atoms with Crippen LogP contribution >= 0.6 is 11.6 Å². The van der Waals surface area contributed by atoms with Crippen molar-refractivity contribution in [3.8, 4) is 11.8 Å². The summed E-state index contributed by atoms with van der Waals surface area (Å²) in [5, 5.41) is 13.1. The zero-order chi connectivity index (χ0) is 22.8. The molecule has 5 rings (SSSR count). The average molecular weight is 466 g/mol. The lowest BCUT2D eigenvalue weighted by molar-refractivity contribution is 0.162. The van der Waals surface area contributed by atoms with Crippen LogP contribution in [0.25, 0.3) is 0 Å². The smallest absolute Gasteiger partial charge is 0.138 e. The van der Waals surface area contributed by atoms with E-state index in [0.717, 1.165) is 75.7 Å². The molecule has 1 unspecified atom stereocenters. The number of rotatable bonds is 4. The second-order valence-corrected chi connectivity index (χ2v) is 10.3. The highest BCUT2D eigenvalue weighted by atomic mass is 35.5. The number of nitriles is 1. The van der Waals surface area contributed by atoms with Gasteiger partial charge in [0.25, 0.3) is 0 Å². The van der Waals surface area contributed by atoms with Crippen LogP contribution in [0, 0.1) is 16.7 Å². The number of piperidine rings is 2. The van der Waals surface area contributed by atoms with Crippen LogP contribution in [0.2, 0.25) is 5.02 Å². The van der Waals surface area contributed by atoms with Gasteiger partial charge in [0.05, 0.1) is 16.8 Å². The monoisotopic (exact) mass is 465 g/mol. The minimum absolute atomic E-state index is 0.298. The standard InChI is InChI=1S/C26H32ClN5O/c1-19-15-26(18-32(19)21-3-2-20(16-28)24(27)14-21)8-12-31(13-9-26)25-5-4-23(17-30-25)33-22-6-10-29-11-7-22/h2-5,14,17,19,22,29H,6-13,15,18H2,1H3. The molecule has 6 nitrogen and oxygen atoms in total. The maximum atomic E-state index is 9.17. The molecule has 3 saturated heterocycles. The molecule has 1 atom stereocenters. The SMILES string of the molecule is CC1CC2(CCN(c3ccc(OC4CCNCC4)cn3)CC2)CN1c1ccc(C#N)c(Cl)c1. The summed E-state index contributed by atoms with van der Waals surface area (Å²) in [6.45, 7) is 7.45. The number of hydrogen-bond donors (Lipinski definition) is 1. The minimum Gasteiger partial charge on any atom is -0.489 e. The first kappa shape index (κ1) is 22.3. The second-order valence-electron chi connectivity index (χ2n) is 9.86. The predicted octanol–water partition coefficient (Wildman–Crippen LogP) is 4.62. The van der Waals surface area contributed by atoms with Crippen LogP contribution in [0.15, 0.2) is 36.5 Å². The van der Waals surface area contributed by atoms with Gasteiger partial charge in [-0.05, 0) is 87.9 Å². The zero-order valence-electron chi connectivity index (χ0n) is 19.3. The lowest BCUT2D eigenvalue weighted by atomic mass is 9.77. The summed E-state index contributed by atoms with van der Waals surface area (Å²) in [6, 6.07) is 12.6. The fourth-order valence-corrected chi connectivity index (χ4v) is 5.96. The molecule has 1 aromatic heterocycles. The normalized spacial score (nSPS) is 23.0. The summed E-state index contributed by atoms with van der Waals surface area (Å²) >= 11 is 6.31. The summed E-state index contributed by atoms with van der Waals surface area (Å²) in [7, 11) is 0. The number of pyridine rings is 1. The molecule has 0 radical (unpaired) electrons. The molecule has 4 heterocycles. The van der Waals surface area contributed by atoms with Gasteiger partial charge in [0.2, 0.25) is 0 Å². The van der Waals surface area contributed by atoms with Crippen LogP contribution in [-0.4, -0.2) is 49.9 Å². The van der Waals surface area contributed by atoms with Gasteiger partial charge in [-0.1, -0.05) is 11.6 Å². The second kappa shape index (κ2) is 9.40. The van der Waals surface area contributed by atoms with Gasteiger partial charge in [0.1, 0.15) is 23.7 Å². The van der Waals surface area contributed by atoms with E-state index in [4.69, 9.17) is 26.6 Å². The Bertz CT molecular complexity index is 1010. The Kier molecular flexibility index (Phi) is 6.36. The van der Waals surface area contributed by atoms with E-state index in [2.05, 4.69) is 40.2 Å². The molecule has 1 N–H and O–H groups in total. The molecule has 2 aromatic rings. The molecule has 0 aliphatic carbocycles. The minimum atomic E-state index is 0.298. The molecule has 3 fully saturated rings. The van der Waals surface area contributed by atoms with E-state index < -0.39 is 0 Å². The summed E-state index contributed by atoms with van der Waals surface area (Å²) < 4.78 is 6.11. The zero-order valence-corrected chi connectivity index (χ0v) is 20.0. The fraction of sp³-hybridized carbons (Fsp3) is 0.538. The first-order valence-corrected chi connectivity index (χ1v) is 12.5. The van der Waals surface area contributed by atoms with E-state index >= 15 is 0 Å². The average Bonchev–Trinajstić information content (AvgIpc) is 3.16. The summed E-state index contributed by atoms with van der Waals surface area (Å²) in [5.74, 6) is 1.92. The number of halogens is 1. The topological polar surface area (TPSA) is 64.4 Å². The van der Waals surface area contributed by atoms with Crippen LogP contribution in [0.3, 0.4) is 0 Å². The summed E-state index contributed by atoms with van der Waals surface area (Å²) in [4.78, 5) is 9.59. The van der Waals surface area contributed by atoms with Crippen molar-refractivity contribution in [3.05, 3.63) is 47.1 Å². The summed E-state index contributed by atoms with van der Waals surface area (Å²) in [6.07, 6.45) is 7.80. The van der Waals surface area contributed by atoms with Crippen molar-refractivity contribution in [2.75, 3.05) is 42.5 Å². The number of benzene rings is 1. The molecule has 3 aliphatic rings. The highest BCUT2D eigenvalue weighted by Gasteiger charge is 2.44. The Morgan fingerprint density at radius 3 is 2.64 bits per heavy atom. The third-order valence-corrected chi connectivity index (χ3v) is 7.94. The summed E-state index contributed by atoms with van der Waals surface area (Å²) in [5.41, 5.74) is 1.99. The molecule has 1 spiro atoms. The van der Waals surface area contributed by atoms with E-state index in [-0.39, 0.29) is 0 Å². The Balaban J connectivity index is 1.19. The van der Waals surface area contributed by atoms with Crippen molar-refractivity contribution < 1.29 is 4.74 Å². The fourth-order valence-electron chi connectivity index (χ4n) is 5.75. The quantitative estimate of drug-likeness (QED) is 0.710. The Morgan fingerprint density at radius 2 is 1.97 bits per heavy atom. The number of nitrogens with one attached hydrogen (secondary N) is 1. The maximum Gasteiger partial charge on any atom is 0.138 e. The lowest BCUT2D eigenvalue weighted by Gasteiger charge is -2.40. The molecular formula is C26H32ClN5O. The van der Waals surface area contributed by atoms with Gasteiger partial charge in [0.15, 0.2) is 0 Å². The van der Waals surface area contributed by atoms with Crippen LogP contribution in [-0.2, 0) is 0 Å². The van der Waals surface area contributed by atoms with Crippen molar-refractivity contribution >= 4 is 23.1 Å². The Morgan fingerprint density at radius 1 is 1.18 bits per heavy atom. The number of ether oxygens (including phenoxy) is 1. The van der Waals surface area contributed by atoms with Gasteiger partial charge < -0.3 is 19.9 Å². The van der Waals surface area contributed by atoms with Crippen molar-refractivity contribution in [1.29, 1.82) is 5.26 Å². The third-order valence-electron chi connectivity index (χ3n) is 7.63. The molecule has 174 valence electrons. The van der Waals surface area contributed by atoms with Crippen molar-refractivity contribution in [1.82, 2.24) is 10.3 Å². The molecule has 33 heavy (non-hydrogen) atoms. The van der Waals surface area contributed by atoms with Crippen LogP contribution in [0.1, 0.15) is 44.6 Å². The number of aromatic nitrogens is 1. The van der Waals surface area contributed by atoms with Crippen LogP contribution in [0.5, 0.6) is 5.75 Å². The molecule has 7 heteroatoms. The number of anilines is 2. The maximum absolute atomic E-state index is 9.17. The molecule has 0 saturated carbocycles. The van der Waals surface area contributed by atoms with Crippen LogP contribution < -0.4 is 19.9 Å². The highest BCUT2D eigenvalue weighted by molar-refractivity contribution is 6.32. The molecule has 1 aromatic carbocycles. The highest BCUT2D eigenvalue weighted by Crippen LogP contribution is 2.45. The van der Waals surface area contributed by atoms with E-state index in [1.54, 1.807) is 0 Å². The molecule has 0 amide bonds. The first-order chi connectivity index (χ1) is 16.0.